The molecule has 0 fully saturated rings. The Morgan fingerprint density at radius 3 is 1.60 bits per heavy atom. The minimum atomic E-state index is 0.645. The first-order valence-electron chi connectivity index (χ1n) is 18.5. The quantitative estimate of drug-likeness (QED) is 0.166. The molecular formula is C51H31N3S. The van der Waals surface area contributed by atoms with Crippen LogP contribution in [0.15, 0.2) is 188 Å². The van der Waals surface area contributed by atoms with E-state index in [1.54, 1.807) is 11.3 Å². The SMILES string of the molecule is c1ccc2cc(-c3ccc(-c4nc(-c5ccc(-c6cc7ccccc7c7ccccc67)cc5)nc(-c5cccc6c5sc5ccccc56)n4)cc3)ccc2c1. The lowest BCUT2D eigenvalue weighted by atomic mass is 9.93. The molecule has 0 radical (unpaired) electrons. The maximum atomic E-state index is 5.19. The topological polar surface area (TPSA) is 38.7 Å². The number of thiophene rings is 1. The predicted octanol–water partition coefficient (Wildman–Crippen LogP) is 14.0. The number of benzene rings is 9. The highest BCUT2D eigenvalue weighted by atomic mass is 32.1. The van der Waals surface area contributed by atoms with Crippen molar-refractivity contribution < 1.29 is 0 Å². The van der Waals surface area contributed by atoms with Crippen LogP contribution in [0.25, 0.3) is 109 Å². The van der Waals surface area contributed by atoms with Crippen LogP contribution in [-0.2, 0) is 0 Å². The lowest BCUT2D eigenvalue weighted by molar-refractivity contribution is 1.08. The first-order chi connectivity index (χ1) is 27.2. The molecule has 0 unspecified atom stereocenters. The van der Waals surface area contributed by atoms with Gasteiger partial charge in [-0.3, -0.25) is 0 Å². The van der Waals surface area contributed by atoms with Crippen molar-refractivity contribution in [2.45, 2.75) is 0 Å². The van der Waals surface area contributed by atoms with E-state index in [1.807, 2.05) is 0 Å². The van der Waals surface area contributed by atoms with Gasteiger partial charge in [0.25, 0.3) is 0 Å². The molecule has 9 aromatic carbocycles. The highest BCUT2D eigenvalue weighted by molar-refractivity contribution is 7.26. The average Bonchev–Trinajstić information content (AvgIpc) is 3.65. The van der Waals surface area contributed by atoms with E-state index in [0.717, 1.165) is 27.8 Å². The first-order valence-corrected chi connectivity index (χ1v) is 19.3. The molecule has 0 aliphatic rings. The van der Waals surface area contributed by atoms with Crippen LogP contribution in [0, 0.1) is 0 Å². The molecule has 3 nitrogen and oxygen atoms in total. The summed E-state index contributed by atoms with van der Waals surface area (Å²) in [5, 5.41) is 9.92. The summed E-state index contributed by atoms with van der Waals surface area (Å²) in [6, 6.07) is 67.0. The fourth-order valence-electron chi connectivity index (χ4n) is 7.95. The Morgan fingerprint density at radius 2 is 0.836 bits per heavy atom. The molecule has 256 valence electrons. The number of rotatable bonds is 5. The van der Waals surface area contributed by atoms with Crippen molar-refractivity contribution in [3.63, 3.8) is 0 Å². The van der Waals surface area contributed by atoms with Crippen LogP contribution in [0.2, 0.25) is 0 Å². The molecular weight excluding hydrogens is 687 g/mol. The van der Waals surface area contributed by atoms with Gasteiger partial charge in [-0.05, 0) is 78.8 Å². The minimum absolute atomic E-state index is 0.645. The molecule has 0 atom stereocenters. The highest BCUT2D eigenvalue weighted by Gasteiger charge is 2.17. The molecule has 0 amide bonds. The first kappa shape index (κ1) is 31.5. The summed E-state index contributed by atoms with van der Waals surface area (Å²) in [5.74, 6) is 1.96. The number of hydrogen-bond acceptors (Lipinski definition) is 4. The molecule has 0 bridgehead atoms. The monoisotopic (exact) mass is 717 g/mol. The standard InChI is InChI=1S/C51H31N3S/c1-2-11-37-30-38(29-22-32(37)10-1)33-20-25-35(26-21-33)49-52-50(54-51(53-49)45-18-9-17-44-43-16-7-8-19-47(43)55-48(44)45)36-27-23-34(24-28-36)46-31-39-12-3-4-13-40(39)41-14-5-6-15-42(41)46/h1-31H. The molecule has 11 aromatic rings. The lowest BCUT2D eigenvalue weighted by Crippen LogP contribution is -2.00. The second kappa shape index (κ2) is 12.8. The largest absolute Gasteiger partial charge is 0.208 e. The van der Waals surface area contributed by atoms with E-state index in [0.29, 0.717) is 17.5 Å². The summed E-state index contributed by atoms with van der Waals surface area (Å²) >= 11 is 1.79. The Bertz CT molecular complexity index is 3250. The third-order valence-corrected chi connectivity index (χ3v) is 11.9. The molecule has 0 saturated heterocycles. The Kier molecular flexibility index (Phi) is 7.35. The van der Waals surface area contributed by atoms with E-state index in [4.69, 9.17) is 15.0 Å². The summed E-state index contributed by atoms with van der Waals surface area (Å²) in [4.78, 5) is 15.5. The average molecular weight is 718 g/mol. The van der Waals surface area contributed by atoms with Gasteiger partial charge in [0, 0.05) is 36.9 Å². The van der Waals surface area contributed by atoms with Crippen LogP contribution in [0.4, 0.5) is 0 Å². The van der Waals surface area contributed by atoms with Crippen molar-refractivity contribution in [1.29, 1.82) is 0 Å². The molecule has 2 aromatic heterocycles. The van der Waals surface area contributed by atoms with Gasteiger partial charge in [0.15, 0.2) is 17.5 Å². The third-order valence-electron chi connectivity index (χ3n) is 10.7. The van der Waals surface area contributed by atoms with Gasteiger partial charge < -0.3 is 0 Å². The van der Waals surface area contributed by atoms with E-state index in [9.17, 15) is 0 Å². The number of nitrogens with zero attached hydrogens (tertiary/aromatic N) is 3. The van der Waals surface area contributed by atoms with E-state index >= 15 is 0 Å². The van der Waals surface area contributed by atoms with Gasteiger partial charge >= 0.3 is 0 Å². The molecule has 0 saturated carbocycles. The molecule has 4 heteroatoms. The van der Waals surface area contributed by atoms with E-state index in [-0.39, 0.29) is 0 Å². The van der Waals surface area contributed by atoms with Crippen molar-refractivity contribution in [2.75, 3.05) is 0 Å². The van der Waals surface area contributed by atoms with Crippen LogP contribution in [0.1, 0.15) is 0 Å². The lowest BCUT2D eigenvalue weighted by Gasteiger charge is -2.12. The summed E-state index contributed by atoms with van der Waals surface area (Å²) in [5.41, 5.74) is 7.58. The van der Waals surface area contributed by atoms with Gasteiger partial charge in [-0.2, -0.15) is 0 Å². The fourth-order valence-corrected chi connectivity index (χ4v) is 9.16. The summed E-state index contributed by atoms with van der Waals surface area (Å²) in [7, 11) is 0. The van der Waals surface area contributed by atoms with Crippen LogP contribution in [-0.4, -0.2) is 15.0 Å². The zero-order valence-corrected chi connectivity index (χ0v) is 30.5. The predicted molar refractivity (Wildman–Crippen MR) is 232 cm³/mol. The van der Waals surface area contributed by atoms with Crippen molar-refractivity contribution in [3.8, 4) is 56.4 Å². The van der Waals surface area contributed by atoms with Crippen LogP contribution in [0.3, 0.4) is 0 Å². The molecule has 11 rings (SSSR count). The zero-order valence-electron chi connectivity index (χ0n) is 29.6. The van der Waals surface area contributed by atoms with Gasteiger partial charge in [-0.15, -0.1) is 11.3 Å². The Labute approximate surface area is 321 Å². The molecule has 55 heavy (non-hydrogen) atoms. The van der Waals surface area contributed by atoms with E-state index in [1.165, 1.54) is 63.6 Å². The smallest absolute Gasteiger partial charge is 0.165 e. The zero-order chi connectivity index (χ0) is 36.3. The van der Waals surface area contributed by atoms with Crippen LogP contribution in [0.5, 0.6) is 0 Å². The Hall–Kier alpha value is -7.01. The van der Waals surface area contributed by atoms with Gasteiger partial charge in [0.1, 0.15) is 0 Å². The third kappa shape index (κ3) is 5.46. The maximum Gasteiger partial charge on any atom is 0.165 e. The number of fused-ring (bicyclic) bond motifs is 7. The van der Waals surface area contributed by atoms with Crippen molar-refractivity contribution in [2.24, 2.45) is 0 Å². The van der Waals surface area contributed by atoms with Gasteiger partial charge in [-0.1, -0.05) is 164 Å². The fraction of sp³-hybridized carbons (Fsp3) is 0. The van der Waals surface area contributed by atoms with Crippen LogP contribution >= 0.6 is 11.3 Å². The summed E-state index contributed by atoms with van der Waals surface area (Å²) in [6.07, 6.45) is 0. The number of hydrogen-bond donors (Lipinski definition) is 0. The van der Waals surface area contributed by atoms with Gasteiger partial charge in [0.2, 0.25) is 0 Å². The van der Waals surface area contributed by atoms with Crippen molar-refractivity contribution >= 4 is 63.8 Å². The van der Waals surface area contributed by atoms with Crippen LogP contribution < -0.4 is 0 Å². The van der Waals surface area contributed by atoms with Gasteiger partial charge in [0.05, 0.1) is 0 Å². The molecule has 0 spiro atoms. The van der Waals surface area contributed by atoms with E-state index in [2.05, 4.69) is 188 Å². The van der Waals surface area contributed by atoms with Crippen molar-refractivity contribution in [1.82, 2.24) is 15.0 Å². The van der Waals surface area contributed by atoms with E-state index < -0.39 is 0 Å². The van der Waals surface area contributed by atoms with Crippen molar-refractivity contribution in [3.05, 3.63) is 188 Å². The normalized spacial score (nSPS) is 11.6. The Balaban J connectivity index is 1.04. The molecule has 0 aliphatic carbocycles. The highest BCUT2D eigenvalue weighted by Crippen LogP contribution is 2.40. The number of aromatic nitrogens is 3. The summed E-state index contributed by atoms with van der Waals surface area (Å²) < 4.78 is 2.43. The molecule has 0 N–H and O–H groups in total. The second-order valence-corrected chi connectivity index (χ2v) is 15.0. The molecule has 0 aliphatic heterocycles. The summed E-state index contributed by atoms with van der Waals surface area (Å²) in [6.45, 7) is 0. The minimum Gasteiger partial charge on any atom is -0.208 e. The molecule has 2 heterocycles. The maximum absolute atomic E-state index is 5.19. The second-order valence-electron chi connectivity index (χ2n) is 14.0. The Morgan fingerprint density at radius 1 is 0.291 bits per heavy atom. The van der Waals surface area contributed by atoms with Gasteiger partial charge in [-0.25, -0.2) is 15.0 Å².